The predicted molar refractivity (Wildman–Crippen MR) is 106 cm³/mol. The van der Waals surface area contributed by atoms with Crippen LogP contribution in [0.1, 0.15) is 56.9 Å². The van der Waals surface area contributed by atoms with Crippen LogP contribution in [0.5, 0.6) is 0 Å². The zero-order valence-corrected chi connectivity index (χ0v) is 15.7. The maximum atomic E-state index is 9.65. The fraction of sp³-hybridized carbons (Fsp3) is 0.650. The number of allylic oxidation sites excluding steroid dienone is 1. The van der Waals surface area contributed by atoms with Crippen molar-refractivity contribution in [3.63, 3.8) is 0 Å². The average molecular weight is 371 g/mol. The van der Waals surface area contributed by atoms with Gasteiger partial charge in [-0.05, 0) is 69.9 Å². The monoisotopic (exact) mass is 370 g/mol. The number of nitrogens with zero attached hydrogens (tertiary/aromatic N) is 2. The Balaban J connectivity index is 1.18. The molecule has 0 amide bonds. The van der Waals surface area contributed by atoms with Crippen LogP contribution in [0.3, 0.4) is 0 Å². The van der Waals surface area contributed by atoms with Crippen LogP contribution >= 0.6 is 0 Å². The van der Waals surface area contributed by atoms with Gasteiger partial charge in [-0.3, -0.25) is 0 Å². The molecule has 5 N–H and O–H groups in total. The molecule has 27 heavy (non-hydrogen) atoms. The van der Waals surface area contributed by atoms with Crippen molar-refractivity contribution in [3.05, 3.63) is 23.5 Å². The maximum absolute atomic E-state index is 9.65. The molecule has 0 atom stereocenters. The van der Waals surface area contributed by atoms with E-state index in [1.165, 1.54) is 42.6 Å². The second-order valence-electron chi connectivity index (χ2n) is 8.48. The number of fused-ring (bicyclic) bond motifs is 3. The Bertz CT molecular complexity index is 725. The van der Waals surface area contributed by atoms with E-state index < -0.39 is 0 Å². The lowest BCUT2D eigenvalue weighted by Gasteiger charge is -2.32. The smallest absolute Gasteiger partial charge is 0.141 e. The van der Waals surface area contributed by atoms with Gasteiger partial charge in [-0.2, -0.15) is 0 Å². The number of aromatic nitrogens is 1. The number of hydrazine groups is 2. The van der Waals surface area contributed by atoms with E-state index in [0.717, 1.165) is 44.0 Å². The van der Waals surface area contributed by atoms with E-state index in [-0.39, 0.29) is 6.10 Å². The highest BCUT2D eigenvalue weighted by Gasteiger charge is 2.34. The van der Waals surface area contributed by atoms with Crippen molar-refractivity contribution in [2.24, 2.45) is 16.8 Å². The van der Waals surface area contributed by atoms with Gasteiger partial charge in [-0.25, -0.2) is 10.0 Å². The Morgan fingerprint density at radius 3 is 2.74 bits per heavy atom. The number of aromatic amines is 1. The summed E-state index contributed by atoms with van der Waals surface area (Å²) in [6, 6.07) is 2.72. The Morgan fingerprint density at radius 1 is 1.11 bits per heavy atom. The van der Waals surface area contributed by atoms with Crippen molar-refractivity contribution >= 4 is 17.9 Å². The van der Waals surface area contributed by atoms with E-state index in [4.69, 9.17) is 0 Å². The minimum Gasteiger partial charge on any atom is -0.393 e. The highest BCUT2D eigenvalue weighted by Crippen LogP contribution is 2.40. The van der Waals surface area contributed by atoms with Crippen molar-refractivity contribution in [2.45, 2.75) is 63.5 Å². The van der Waals surface area contributed by atoms with E-state index in [0.29, 0.717) is 12.0 Å². The predicted octanol–water partition coefficient (Wildman–Crippen LogP) is 2.38. The number of hydrogen-bond acceptors (Lipinski definition) is 6. The molecule has 0 bridgehead atoms. The summed E-state index contributed by atoms with van der Waals surface area (Å²) >= 11 is 0. The Kier molecular flexibility index (Phi) is 4.67. The Hall–Kier alpha value is -1.83. The van der Waals surface area contributed by atoms with E-state index in [1.54, 1.807) is 0 Å². The van der Waals surface area contributed by atoms with Gasteiger partial charge >= 0.3 is 0 Å². The molecule has 1 aromatic heterocycles. The Morgan fingerprint density at radius 2 is 1.93 bits per heavy atom. The molecule has 0 saturated heterocycles. The average Bonchev–Trinajstić information content (AvgIpc) is 3.34. The van der Waals surface area contributed by atoms with Crippen LogP contribution in [0.15, 0.2) is 23.0 Å². The summed E-state index contributed by atoms with van der Waals surface area (Å²) in [7, 11) is 0. The summed E-state index contributed by atoms with van der Waals surface area (Å²) in [5.74, 6) is 2.30. The molecule has 2 aliphatic carbocycles. The zero-order chi connectivity index (χ0) is 18.2. The molecule has 146 valence electrons. The lowest BCUT2D eigenvalue weighted by atomic mass is 9.79. The number of rotatable bonds is 4. The van der Waals surface area contributed by atoms with Crippen LogP contribution < -0.4 is 16.3 Å². The number of aliphatic imine (C=N–C) groups is 1. The van der Waals surface area contributed by atoms with Gasteiger partial charge in [0, 0.05) is 23.7 Å². The van der Waals surface area contributed by atoms with Crippen molar-refractivity contribution < 1.29 is 5.11 Å². The van der Waals surface area contributed by atoms with E-state index in [1.807, 2.05) is 17.5 Å². The topological polar surface area (TPSA) is 87.7 Å². The SMILES string of the molecule is O[C@H]1CC[C@H](NC[C@H]2CC[C@H](C3=C4c5cc[nH]c5N=CN4NN3)CC2)CC1. The molecule has 7 heteroatoms. The summed E-state index contributed by atoms with van der Waals surface area (Å²) < 4.78 is 0. The molecule has 0 radical (unpaired) electrons. The van der Waals surface area contributed by atoms with Gasteiger partial charge in [-0.1, -0.05) is 0 Å². The molecular formula is C20H30N6O. The zero-order valence-electron chi connectivity index (χ0n) is 15.7. The lowest BCUT2D eigenvalue weighted by molar-refractivity contribution is 0.115. The molecule has 2 aliphatic heterocycles. The highest BCUT2D eigenvalue weighted by atomic mass is 16.3. The molecule has 4 aliphatic rings. The van der Waals surface area contributed by atoms with Crippen molar-refractivity contribution in [3.8, 4) is 0 Å². The third-order valence-corrected chi connectivity index (χ3v) is 6.74. The number of H-pyrrole nitrogens is 1. The molecule has 3 heterocycles. The van der Waals surface area contributed by atoms with E-state index >= 15 is 0 Å². The van der Waals surface area contributed by atoms with E-state index in [2.05, 4.69) is 32.3 Å². The second-order valence-corrected chi connectivity index (χ2v) is 8.48. The largest absolute Gasteiger partial charge is 0.393 e. The summed E-state index contributed by atoms with van der Waals surface area (Å²) in [6.45, 7) is 1.13. The van der Waals surface area contributed by atoms with Gasteiger partial charge < -0.3 is 20.8 Å². The first-order chi connectivity index (χ1) is 13.3. The van der Waals surface area contributed by atoms with Crippen molar-refractivity contribution in [2.75, 3.05) is 6.54 Å². The first-order valence-electron chi connectivity index (χ1n) is 10.5. The molecule has 2 saturated carbocycles. The van der Waals surface area contributed by atoms with Crippen molar-refractivity contribution in [1.29, 1.82) is 0 Å². The lowest BCUT2D eigenvalue weighted by Crippen LogP contribution is -2.39. The minimum atomic E-state index is -0.0644. The highest BCUT2D eigenvalue weighted by molar-refractivity contribution is 5.87. The molecule has 5 rings (SSSR count). The quantitative estimate of drug-likeness (QED) is 0.562. The second kappa shape index (κ2) is 7.30. The van der Waals surface area contributed by atoms with Gasteiger partial charge in [-0.15, -0.1) is 5.53 Å². The van der Waals surface area contributed by atoms with Crippen LogP contribution in [0, 0.1) is 11.8 Å². The Labute approximate surface area is 160 Å². The fourth-order valence-corrected chi connectivity index (χ4v) is 5.06. The third kappa shape index (κ3) is 3.39. The molecule has 0 spiro atoms. The molecular weight excluding hydrogens is 340 g/mol. The number of aliphatic hydroxyl groups excluding tert-OH is 1. The van der Waals surface area contributed by atoms with Crippen LogP contribution in [0.2, 0.25) is 0 Å². The minimum absolute atomic E-state index is 0.0644. The van der Waals surface area contributed by atoms with Gasteiger partial charge in [0.05, 0.1) is 17.5 Å². The number of hydrogen-bond donors (Lipinski definition) is 5. The first kappa shape index (κ1) is 17.3. The first-order valence-corrected chi connectivity index (χ1v) is 10.5. The van der Waals surface area contributed by atoms with Crippen LogP contribution in [-0.4, -0.2) is 40.1 Å². The van der Waals surface area contributed by atoms with Gasteiger partial charge in [0.2, 0.25) is 0 Å². The maximum Gasteiger partial charge on any atom is 0.141 e. The normalized spacial score (nSPS) is 33.0. The molecule has 2 fully saturated rings. The molecule has 0 aromatic carbocycles. The van der Waals surface area contributed by atoms with E-state index in [9.17, 15) is 5.11 Å². The van der Waals surface area contributed by atoms with Crippen LogP contribution in [-0.2, 0) is 0 Å². The third-order valence-electron chi connectivity index (χ3n) is 6.74. The summed E-state index contributed by atoms with van der Waals surface area (Å²) in [5, 5.41) is 15.4. The van der Waals surface area contributed by atoms with Gasteiger partial charge in [0.25, 0.3) is 0 Å². The standard InChI is InChI=1S/C20H30N6O/c27-16-7-5-15(6-8-16)22-11-13-1-3-14(4-2-13)18-19-17-9-10-21-20(17)23-12-26(19)25-24-18/h9-10,12-16,21-22,24-25,27H,1-8,11H2/t13-,14-,15-,16-. The molecule has 7 nitrogen and oxygen atoms in total. The van der Waals surface area contributed by atoms with Gasteiger partial charge in [0.15, 0.2) is 0 Å². The number of nitrogens with one attached hydrogen (secondary N) is 4. The molecule has 1 aromatic rings. The van der Waals surface area contributed by atoms with Gasteiger partial charge in [0.1, 0.15) is 12.2 Å². The number of aliphatic hydroxyl groups is 1. The van der Waals surface area contributed by atoms with Crippen LogP contribution in [0.4, 0.5) is 5.82 Å². The summed E-state index contributed by atoms with van der Waals surface area (Å²) in [6.07, 6.45) is 12.9. The molecule has 0 unspecified atom stereocenters. The van der Waals surface area contributed by atoms with Crippen LogP contribution in [0.25, 0.3) is 5.70 Å². The fourth-order valence-electron chi connectivity index (χ4n) is 5.06. The summed E-state index contributed by atoms with van der Waals surface area (Å²) in [4.78, 5) is 7.66. The summed E-state index contributed by atoms with van der Waals surface area (Å²) in [5.41, 5.74) is 10.4. The van der Waals surface area contributed by atoms with Crippen molar-refractivity contribution in [1.82, 2.24) is 26.3 Å².